The first-order valence-electron chi connectivity index (χ1n) is 8.55. The zero-order chi connectivity index (χ0) is 17.8. The summed E-state index contributed by atoms with van der Waals surface area (Å²) in [6.45, 7) is 2.78. The number of aromatic nitrogens is 1. The second kappa shape index (κ2) is 8.14. The van der Waals surface area contributed by atoms with Gasteiger partial charge < -0.3 is 4.90 Å². The predicted octanol–water partition coefficient (Wildman–Crippen LogP) is 4.48. The number of hydrogen-bond donors (Lipinski definition) is 0. The molecule has 0 spiro atoms. The van der Waals surface area contributed by atoms with E-state index in [9.17, 15) is 14.9 Å². The number of hydrogen-bond acceptors (Lipinski definition) is 6. The van der Waals surface area contributed by atoms with Crippen molar-refractivity contribution in [2.24, 2.45) is 0 Å². The van der Waals surface area contributed by atoms with Gasteiger partial charge in [0.15, 0.2) is 4.34 Å². The predicted molar refractivity (Wildman–Crippen MR) is 101 cm³/mol. The second-order valence-corrected chi connectivity index (χ2v) is 8.40. The molecule has 1 aromatic carbocycles. The Kier molecular flexibility index (Phi) is 5.90. The third-order valence-corrected chi connectivity index (χ3v) is 6.70. The van der Waals surface area contributed by atoms with Crippen molar-refractivity contribution in [1.82, 2.24) is 9.88 Å². The molecule has 25 heavy (non-hydrogen) atoms. The lowest BCUT2D eigenvalue weighted by Gasteiger charge is -2.33. The van der Waals surface area contributed by atoms with Crippen molar-refractivity contribution in [3.05, 3.63) is 28.3 Å². The quantitative estimate of drug-likeness (QED) is 0.420. The standard InChI is InChI=1S/C17H21N3O3S2/c1-2-19(12-6-4-3-5-7-12)16(21)11-24-17-18-14-9-8-13(20(22)23)10-15(14)25-17/h8-10,12H,2-7,11H2,1H3. The van der Waals surface area contributed by atoms with Crippen LogP contribution in [0, 0.1) is 10.1 Å². The molecule has 1 amide bonds. The van der Waals surface area contributed by atoms with Gasteiger partial charge >= 0.3 is 0 Å². The van der Waals surface area contributed by atoms with Crippen molar-refractivity contribution < 1.29 is 9.72 Å². The molecule has 0 saturated heterocycles. The molecule has 0 unspecified atom stereocenters. The van der Waals surface area contributed by atoms with Gasteiger partial charge in [-0.1, -0.05) is 31.0 Å². The first-order chi connectivity index (χ1) is 12.1. The molecule has 0 aliphatic heterocycles. The summed E-state index contributed by atoms with van der Waals surface area (Å²) in [6.07, 6.45) is 5.90. The summed E-state index contributed by atoms with van der Waals surface area (Å²) in [5.74, 6) is 0.524. The second-order valence-electron chi connectivity index (χ2n) is 6.15. The number of nitrogens with zero attached hydrogens (tertiary/aromatic N) is 3. The Bertz CT molecular complexity index is 772. The number of rotatable bonds is 6. The molecule has 1 aliphatic rings. The third kappa shape index (κ3) is 4.30. The molecule has 2 aromatic rings. The van der Waals surface area contributed by atoms with Crippen LogP contribution >= 0.6 is 23.1 Å². The van der Waals surface area contributed by atoms with Gasteiger partial charge in [0.25, 0.3) is 5.69 Å². The summed E-state index contributed by atoms with van der Waals surface area (Å²) in [7, 11) is 0. The smallest absolute Gasteiger partial charge is 0.270 e. The van der Waals surface area contributed by atoms with Crippen LogP contribution in [0.5, 0.6) is 0 Å². The van der Waals surface area contributed by atoms with E-state index in [1.54, 1.807) is 12.1 Å². The first kappa shape index (κ1) is 18.1. The molecule has 0 N–H and O–H groups in total. The van der Waals surface area contributed by atoms with E-state index in [2.05, 4.69) is 4.98 Å². The number of benzene rings is 1. The monoisotopic (exact) mass is 379 g/mol. The first-order valence-corrected chi connectivity index (χ1v) is 10.4. The molecule has 1 aliphatic carbocycles. The van der Waals surface area contributed by atoms with E-state index in [-0.39, 0.29) is 11.6 Å². The summed E-state index contributed by atoms with van der Waals surface area (Å²) in [6, 6.07) is 5.05. The lowest BCUT2D eigenvalue weighted by molar-refractivity contribution is -0.384. The zero-order valence-electron chi connectivity index (χ0n) is 14.1. The number of thioether (sulfide) groups is 1. The number of fused-ring (bicyclic) bond motifs is 1. The largest absolute Gasteiger partial charge is 0.339 e. The van der Waals surface area contributed by atoms with Gasteiger partial charge in [-0.05, 0) is 25.8 Å². The SMILES string of the molecule is CCN(C(=O)CSc1nc2ccc([N+](=O)[O-])cc2s1)C1CCCCC1. The molecule has 8 heteroatoms. The zero-order valence-corrected chi connectivity index (χ0v) is 15.8. The van der Waals surface area contributed by atoms with Crippen LogP contribution in [0.15, 0.2) is 22.5 Å². The van der Waals surface area contributed by atoms with Crippen molar-refractivity contribution >= 4 is 44.9 Å². The number of carbonyl (C=O) groups is 1. The minimum atomic E-state index is -0.404. The van der Waals surface area contributed by atoms with Gasteiger partial charge in [-0.15, -0.1) is 11.3 Å². The van der Waals surface area contributed by atoms with E-state index in [0.29, 0.717) is 11.8 Å². The maximum atomic E-state index is 12.6. The molecule has 1 fully saturated rings. The highest BCUT2D eigenvalue weighted by molar-refractivity contribution is 8.01. The maximum absolute atomic E-state index is 12.6. The summed E-state index contributed by atoms with van der Waals surface area (Å²) < 4.78 is 1.56. The van der Waals surface area contributed by atoms with E-state index < -0.39 is 4.92 Å². The van der Waals surface area contributed by atoms with Crippen molar-refractivity contribution in [2.45, 2.75) is 49.4 Å². The average molecular weight is 380 g/mol. The molecule has 0 radical (unpaired) electrons. The van der Waals surface area contributed by atoms with Crippen LogP contribution in [0.2, 0.25) is 0 Å². The van der Waals surface area contributed by atoms with Gasteiger partial charge in [-0.25, -0.2) is 4.98 Å². The van der Waals surface area contributed by atoms with Crippen LogP contribution in [0.1, 0.15) is 39.0 Å². The fraction of sp³-hybridized carbons (Fsp3) is 0.529. The van der Waals surface area contributed by atoms with Crippen molar-refractivity contribution in [3.8, 4) is 0 Å². The Hall–Kier alpha value is -1.67. The molecule has 0 atom stereocenters. The van der Waals surface area contributed by atoms with Crippen LogP contribution < -0.4 is 0 Å². The van der Waals surface area contributed by atoms with E-state index in [1.807, 2.05) is 11.8 Å². The molecule has 1 saturated carbocycles. The summed E-state index contributed by atoms with van der Waals surface area (Å²) >= 11 is 2.82. The normalized spacial score (nSPS) is 15.4. The van der Waals surface area contributed by atoms with Crippen molar-refractivity contribution in [2.75, 3.05) is 12.3 Å². The van der Waals surface area contributed by atoms with Crippen LogP contribution in [0.25, 0.3) is 10.2 Å². The van der Waals surface area contributed by atoms with E-state index >= 15 is 0 Å². The van der Waals surface area contributed by atoms with Gasteiger partial charge in [0.2, 0.25) is 5.91 Å². The Labute approximate surface area is 154 Å². The molecule has 3 rings (SSSR count). The van der Waals surface area contributed by atoms with Crippen molar-refractivity contribution in [1.29, 1.82) is 0 Å². The number of nitro groups is 1. The topological polar surface area (TPSA) is 76.3 Å². The maximum Gasteiger partial charge on any atom is 0.270 e. The Morgan fingerprint density at radius 1 is 1.40 bits per heavy atom. The van der Waals surface area contributed by atoms with E-state index in [0.717, 1.165) is 33.9 Å². The van der Waals surface area contributed by atoms with Gasteiger partial charge in [-0.2, -0.15) is 0 Å². The van der Waals surface area contributed by atoms with E-state index in [1.165, 1.54) is 48.4 Å². The Morgan fingerprint density at radius 2 is 2.16 bits per heavy atom. The lowest BCUT2D eigenvalue weighted by atomic mass is 9.94. The minimum absolute atomic E-state index is 0.0678. The highest BCUT2D eigenvalue weighted by Gasteiger charge is 2.24. The van der Waals surface area contributed by atoms with Crippen LogP contribution in [-0.4, -0.2) is 39.1 Å². The molecule has 134 valence electrons. The summed E-state index contributed by atoms with van der Waals surface area (Å²) in [4.78, 5) is 29.5. The summed E-state index contributed by atoms with van der Waals surface area (Å²) in [5, 5.41) is 10.9. The molecular formula is C17H21N3O3S2. The molecule has 1 heterocycles. The number of thiazole rings is 1. The number of non-ortho nitro benzene ring substituents is 1. The Balaban J connectivity index is 1.64. The molecule has 1 aromatic heterocycles. The fourth-order valence-corrected chi connectivity index (χ4v) is 5.29. The molecule has 6 nitrogen and oxygen atoms in total. The van der Waals surface area contributed by atoms with E-state index in [4.69, 9.17) is 0 Å². The Morgan fingerprint density at radius 3 is 2.84 bits per heavy atom. The fourth-order valence-electron chi connectivity index (χ4n) is 3.30. The van der Waals surface area contributed by atoms with Gasteiger partial charge in [0, 0.05) is 24.7 Å². The van der Waals surface area contributed by atoms with Crippen LogP contribution in [0.4, 0.5) is 5.69 Å². The third-order valence-electron chi connectivity index (χ3n) is 4.56. The highest BCUT2D eigenvalue weighted by Crippen LogP contribution is 2.32. The number of amides is 1. The average Bonchev–Trinajstić information content (AvgIpc) is 3.03. The summed E-state index contributed by atoms with van der Waals surface area (Å²) in [5.41, 5.74) is 0.809. The van der Waals surface area contributed by atoms with Gasteiger partial charge in [0.05, 0.1) is 20.9 Å². The van der Waals surface area contributed by atoms with Crippen LogP contribution in [-0.2, 0) is 4.79 Å². The molecule has 0 bridgehead atoms. The lowest BCUT2D eigenvalue weighted by Crippen LogP contribution is -2.42. The number of nitro benzene ring substituents is 1. The number of carbonyl (C=O) groups excluding carboxylic acids is 1. The molecular weight excluding hydrogens is 358 g/mol. The van der Waals surface area contributed by atoms with Gasteiger partial charge in [-0.3, -0.25) is 14.9 Å². The van der Waals surface area contributed by atoms with Crippen LogP contribution in [0.3, 0.4) is 0 Å². The van der Waals surface area contributed by atoms with Gasteiger partial charge in [0.1, 0.15) is 0 Å². The highest BCUT2D eigenvalue weighted by atomic mass is 32.2. The minimum Gasteiger partial charge on any atom is -0.339 e. The van der Waals surface area contributed by atoms with Crippen molar-refractivity contribution in [3.63, 3.8) is 0 Å².